The average Bonchev–Trinajstić information content (AvgIpc) is 3.36. The molecular weight excluding hydrogens is 368 g/mol. The van der Waals surface area contributed by atoms with Gasteiger partial charge in [0.2, 0.25) is 0 Å². The third-order valence-electron chi connectivity index (χ3n) is 4.07. The third kappa shape index (κ3) is 6.09. The summed E-state index contributed by atoms with van der Waals surface area (Å²) in [5.41, 5.74) is 3.58. The first kappa shape index (κ1) is 19.4. The lowest BCUT2D eigenvalue weighted by Crippen LogP contribution is -2.26. The van der Waals surface area contributed by atoms with Gasteiger partial charge >= 0.3 is 0 Å². The number of hydrogen-bond acceptors (Lipinski definition) is 6. The Balaban J connectivity index is 1.38. The first-order valence-electron chi connectivity index (χ1n) is 8.89. The lowest BCUT2D eigenvalue weighted by molar-refractivity contribution is 0.0166. The number of nitrogens with zero attached hydrogens (tertiary/aromatic N) is 1. The van der Waals surface area contributed by atoms with Crippen LogP contribution in [0.3, 0.4) is 0 Å². The molecule has 2 heterocycles. The Morgan fingerprint density at radius 3 is 3.15 bits per heavy atom. The molecular formula is C19H24N2O3S2. The van der Waals surface area contributed by atoms with E-state index in [1.165, 1.54) is 0 Å². The average molecular weight is 393 g/mol. The fourth-order valence-electron chi connectivity index (χ4n) is 2.70. The molecule has 2 aromatic rings. The van der Waals surface area contributed by atoms with E-state index in [9.17, 15) is 4.79 Å². The lowest BCUT2D eigenvalue weighted by atomic mass is 10.2. The van der Waals surface area contributed by atoms with Crippen molar-refractivity contribution >= 4 is 29.0 Å². The molecule has 0 aliphatic carbocycles. The van der Waals surface area contributed by atoms with Crippen LogP contribution < -0.4 is 5.32 Å². The Kier molecular flexibility index (Phi) is 7.94. The first-order valence-corrected chi connectivity index (χ1v) is 10.8. The van der Waals surface area contributed by atoms with Gasteiger partial charge in [-0.2, -0.15) is 0 Å². The summed E-state index contributed by atoms with van der Waals surface area (Å²) in [6.45, 7) is 2.75. The quantitative estimate of drug-likeness (QED) is 0.493. The van der Waals surface area contributed by atoms with Crippen molar-refractivity contribution < 1.29 is 14.3 Å². The van der Waals surface area contributed by atoms with E-state index >= 15 is 0 Å². The SMILES string of the molecule is O=C(NCCCOCC1CCCO1)c1ccccc1SCc1cscn1. The van der Waals surface area contributed by atoms with Gasteiger partial charge in [-0.15, -0.1) is 23.1 Å². The monoisotopic (exact) mass is 392 g/mol. The number of carbonyl (C=O) groups is 1. The second-order valence-electron chi connectivity index (χ2n) is 6.08. The number of thiazole rings is 1. The Hall–Kier alpha value is -1.41. The highest BCUT2D eigenvalue weighted by Crippen LogP contribution is 2.26. The highest BCUT2D eigenvalue weighted by molar-refractivity contribution is 7.98. The number of thioether (sulfide) groups is 1. The molecule has 3 rings (SSSR count). The van der Waals surface area contributed by atoms with Gasteiger partial charge in [-0.1, -0.05) is 12.1 Å². The predicted octanol–water partition coefficient (Wildman–Crippen LogP) is 3.75. The smallest absolute Gasteiger partial charge is 0.252 e. The molecule has 140 valence electrons. The van der Waals surface area contributed by atoms with E-state index in [1.807, 2.05) is 35.2 Å². The van der Waals surface area contributed by atoms with E-state index in [0.717, 1.165) is 42.2 Å². The zero-order valence-corrected chi connectivity index (χ0v) is 16.3. The topological polar surface area (TPSA) is 60.5 Å². The second kappa shape index (κ2) is 10.7. The minimum Gasteiger partial charge on any atom is -0.379 e. The highest BCUT2D eigenvalue weighted by Gasteiger charge is 2.15. The van der Waals surface area contributed by atoms with Crippen LogP contribution in [0.1, 0.15) is 35.3 Å². The molecule has 0 bridgehead atoms. The summed E-state index contributed by atoms with van der Waals surface area (Å²) in [5.74, 6) is 0.732. The van der Waals surface area contributed by atoms with E-state index in [-0.39, 0.29) is 12.0 Å². The van der Waals surface area contributed by atoms with Crippen molar-refractivity contribution in [1.82, 2.24) is 10.3 Å². The van der Waals surface area contributed by atoms with E-state index in [2.05, 4.69) is 10.3 Å². The van der Waals surface area contributed by atoms with Gasteiger partial charge in [0.05, 0.1) is 29.5 Å². The maximum atomic E-state index is 12.5. The minimum atomic E-state index is -0.0366. The van der Waals surface area contributed by atoms with Crippen LogP contribution >= 0.6 is 23.1 Å². The highest BCUT2D eigenvalue weighted by atomic mass is 32.2. The molecule has 1 fully saturated rings. The van der Waals surface area contributed by atoms with Crippen LogP contribution in [-0.2, 0) is 15.2 Å². The maximum absolute atomic E-state index is 12.5. The second-order valence-corrected chi connectivity index (χ2v) is 7.82. The van der Waals surface area contributed by atoms with Crippen LogP contribution in [0.2, 0.25) is 0 Å². The Bertz CT molecular complexity index is 673. The van der Waals surface area contributed by atoms with Gasteiger partial charge in [0.1, 0.15) is 0 Å². The van der Waals surface area contributed by atoms with Gasteiger partial charge < -0.3 is 14.8 Å². The fourth-order valence-corrected chi connectivity index (χ4v) is 4.32. The van der Waals surface area contributed by atoms with Gasteiger partial charge in [0, 0.05) is 35.8 Å². The number of benzene rings is 1. The first-order chi connectivity index (χ1) is 12.8. The van der Waals surface area contributed by atoms with Gasteiger partial charge in [0.15, 0.2) is 0 Å². The number of amides is 1. The molecule has 1 atom stereocenters. The van der Waals surface area contributed by atoms with E-state index in [4.69, 9.17) is 9.47 Å². The molecule has 1 aromatic heterocycles. The number of aromatic nitrogens is 1. The van der Waals surface area contributed by atoms with Gasteiger partial charge in [0.25, 0.3) is 5.91 Å². The number of rotatable bonds is 10. The molecule has 0 radical (unpaired) electrons. The molecule has 0 spiro atoms. The van der Waals surface area contributed by atoms with E-state index in [0.29, 0.717) is 25.3 Å². The third-order valence-corrected chi connectivity index (χ3v) is 5.81. The van der Waals surface area contributed by atoms with Crippen LogP contribution in [-0.4, -0.2) is 43.4 Å². The molecule has 26 heavy (non-hydrogen) atoms. The summed E-state index contributed by atoms with van der Waals surface area (Å²) in [5, 5.41) is 5.02. The summed E-state index contributed by atoms with van der Waals surface area (Å²) in [6, 6.07) is 7.70. The summed E-state index contributed by atoms with van der Waals surface area (Å²) < 4.78 is 11.1. The van der Waals surface area contributed by atoms with Crippen LogP contribution in [0.5, 0.6) is 0 Å². The molecule has 1 unspecified atom stereocenters. The van der Waals surface area contributed by atoms with Crippen molar-refractivity contribution in [2.45, 2.75) is 36.0 Å². The van der Waals surface area contributed by atoms with Gasteiger partial charge in [-0.3, -0.25) is 4.79 Å². The maximum Gasteiger partial charge on any atom is 0.252 e. The number of nitrogens with one attached hydrogen (secondary N) is 1. The van der Waals surface area contributed by atoms with Gasteiger partial charge in [-0.05, 0) is 31.4 Å². The molecule has 1 saturated heterocycles. The molecule has 1 amide bonds. The Labute approximate surface area is 162 Å². The summed E-state index contributed by atoms with van der Waals surface area (Å²) in [7, 11) is 0. The number of carbonyl (C=O) groups excluding carboxylic acids is 1. The van der Waals surface area contributed by atoms with Crippen LogP contribution in [0.25, 0.3) is 0 Å². The standard InChI is InChI=1S/C19H24N2O3S2/c22-19(20-8-4-9-23-11-16-5-3-10-24-16)17-6-1-2-7-18(17)26-13-15-12-25-14-21-15/h1-2,6-7,12,14,16H,3-5,8-11,13H2,(H,20,22). The predicted molar refractivity (Wildman–Crippen MR) is 105 cm³/mol. The lowest BCUT2D eigenvalue weighted by Gasteiger charge is -2.11. The van der Waals surface area contributed by atoms with E-state index in [1.54, 1.807) is 23.1 Å². The summed E-state index contributed by atoms with van der Waals surface area (Å²) in [4.78, 5) is 17.7. The van der Waals surface area contributed by atoms with Crippen molar-refractivity contribution in [3.63, 3.8) is 0 Å². The van der Waals surface area contributed by atoms with Crippen LogP contribution in [0.15, 0.2) is 40.1 Å². The number of ether oxygens (including phenoxy) is 2. The van der Waals surface area contributed by atoms with Gasteiger partial charge in [-0.25, -0.2) is 4.98 Å². The van der Waals surface area contributed by atoms with Crippen molar-refractivity contribution in [3.8, 4) is 0 Å². The van der Waals surface area contributed by atoms with E-state index < -0.39 is 0 Å². The fraction of sp³-hybridized carbons (Fsp3) is 0.474. The molecule has 1 aliphatic heterocycles. The Morgan fingerprint density at radius 2 is 2.35 bits per heavy atom. The zero-order chi connectivity index (χ0) is 18.0. The molecule has 7 heteroatoms. The van der Waals surface area contributed by atoms with Crippen molar-refractivity contribution in [2.24, 2.45) is 0 Å². The molecule has 1 N–H and O–H groups in total. The molecule has 5 nitrogen and oxygen atoms in total. The minimum absolute atomic E-state index is 0.0366. The molecule has 0 saturated carbocycles. The van der Waals surface area contributed by atoms with Crippen molar-refractivity contribution in [2.75, 3.05) is 26.4 Å². The number of hydrogen-bond donors (Lipinski definition) is 1. The summed E-state index contributed by atoms with van der Waals surface area (Å²) >= 11 is 3.23. The van der Waals surface area contributed by atoms with Crippen molar-refractivity contribution in [1.29, 1.82) is 0 Å². The summed E-state index contributed by atoms with van der Waals surface area (Å²) in [6.07, 6.45) is 3.27. The largest absolute Gasteiger partial charge is 0.379 e. The molecule has 1 aromatic carbocycles. The van der Waals surface area contributed by atoms with Crippen molar-refractivity contribution in [3.05, 3.63) is 46.4 Å². The normalized spacial score (nSPS) is 16.7. The Morgan fingerprint density at radius 1 is 1.42 bits per heavy atom. The van der Waals surface area contributed by atoms with Crippen LogP contribution in [0, 0.1) is 0 Å². The van der Waals surface area contributed by atoms with Crippen LogP contribution in [0.4, 0.5) is 0 Å². The zero-order valence-electron chi connectivity index (χ0n) is 14.7. The molecule has 1 aliphatic rings.